The summed E-state index contributed by atoms with van der Waals surface area (Å²) in [7, 11) is 0. The standard InChI is InChI=1S/C9H15NOS/c11-9-2-1-5-10(9)8-3-6-12-7-4-8/h8H,1-7H2. The molecule has 0 N–H and O–H groups in total. The quantitative estimate of drug-likeness (QED) is 0.617. The first-order valence-electron chi connectivity index (χ1n) is 4.75. The molecule has 0 spiro atoms. The minimum Gasteiger partial charge on any atom is -0.340 e. The maximum atomic E-state index is 11.4. The molecule has 0 radical (unpaired) electrons. The van der Waals surface area contributed by atoms with Crippen molar-refractivity contribution < 1.29 is 4.79 Å². The Balaban J connectivity index is 1.93. The summed E-state index contributed by atoms with van der Waals surface area (Å²) in [6.45, 7) is 1.02. The Hall–Kier alpha value is -0.180. The number of thioether (sulfide) groups is 1. The normalized spacial score (nSPS) is 26.7. The highest BCUT2D eigenvalue weighted by atomic mass is 32.2. The van der Waals surface area contributed by atoms with E-state index in [4.69, 9.17) is 0 Å². The lowest BCUT2D eigenvalue weighted by atomic mass is 10.1. The van der Waals surface area contributed by atoms with Gasteiger partial charge in [-0.2, -0.15) is 11.8 Å². The molecule has 0 saturated carbocycles. The van der Waals surface area contributed by atoms with Crippen molar-refractivity contribution in [2.24, 2.45) is 0 Å². The molecule has 3 heteroatoms. The Morgan fingerprint density at radius 3 is 2.67 bits per heavy atom. The van der Waals surface area contributed by atoms with E-state index in [-0.39, 0.29) is 0 Å². The summed E-state index contributed by atoms with van der Waals surface area (Å²) in [4.78, 5) is 13.5. The van der Waals surface area contributed by atoms with Gasteiger partial charge >= 0.3 is 0 Å². The van der Waals surface area contributed by atoms with Gasteiger partial charge in [0.1, 0.15) is 0 Å². The molecule has 12 heavy (non-hydrogen) atoms. The Morgan fingerprint density at radius 1 is 1.33 bits per heavy atom. The lowest BCUT2D eigenvalue weighted by molar-refractivity contribution is -0.129. The zero-order valence-corrected chi connectivity index (χ0v) is 8.11. The largest absolute Gasteiger partial charge is 0.340 e. The molecule has 0 bridgehead atoms. The second-order valence-electron chi connectivity index (χ2n) is 3.53. The lowest BCUT2D eigenvalue weighted by Crippen LogP contribution is -2.38. The maximum Gasteiger partial charge on any atom is 0.222 e. The van der Waals surface area contributed by atoms with Crippen LogP contribution in [0.1, 0.15) is 25.7 Å². The van der Waals surface area contributed by atoms with Crippen molar-refractivity contribution in [3.8, 4) is 0 Å². The maximum absolute atomic E-state index is 11.4. The predicted molar refractivity (Wildman–Crippen MR) is 51.3 cm³/mol. The molecule has 2 heterocycles. The molecular formula is C9H15NOS. The van der Waals surface area contributed by atoms with Gasteiger partial charge in [-0.3, -0.25) is 4.79 Å². The number of nitrogens with zero attached hydrogens (tertiary/aromatic N) is 1. The summed E-state index contributed by atoms with van der Waals surface area (Å²) < 4.78 is 0. The molecule has 0 aliphatic carbocycles. The fourth-order valence-electron chi connectivity index (χ4n) is 2.05. The highest BCUT2D eigenvalue weighted by molar-refractivity contribution is 7.99. The molecule has 2 fully saturated rings. The molecule has 0 atom stereocenters. The summed E-state index contributed by atoms with van der Waals surface area (Å²) in [5.74, 6) is 2.88. The molecular weight excluding hydrogens is 170 g/mol. The van der Waals surface area contributed by atoms with Crippen molar-refractivity contribution in [3.63, 3.8) is 0 Å². The molecule has 2 saturated heterocycles. The molecule has 2 aliphatic heterocycles. The van der Waals surface area contributed by atoms with Gasteiger partial charge in [-0.25, -0.2) is 0 Å². The number of amides is 1. The van der Waals surface area contributed by atoms with E-state index in [1.807, 2.05) is 11.8 Å². The first-order chi connectivity index (χ1) is 5.88. The Bertz CT molecular complexity index is 177. The molecule has 2 aliphatic rings. The number of carbonyl (C=O) groups excluding carboxylic acids is 1. The van der Waals surface area contributed by atoms with Gasteiger partial charge in [-0.15, -0.1) is 0 Å². The van der Waals surface area contributed by atoms with Crippen LogP contribution in [0.15, 0.2) is 0 Å². The summed E-state index contributed by atoms with van der Waals surface area (Å²) >= 11 is 2.02. The number of hydrogen-bond acceptors (Lipinski definition) is 2. The first-order valence-corrected chi connectivity index (χ1v) is 5.90. The van der Waals surface area contributed by atoms with Crippen molar-refractivity contribution >= 4 is 17.7 Å². The molecule has 2 rings (SSSR count). The van der Waals surface area contributed by atoms with Crippen LogP contribution < -0.4 is 0 Å². The van der Waals surface area contributed by atoms with Gasteiger partial charge in [0.25, 0.3) is 0 Å². The molecule has 1 amide bonds. The van der Waals surface area contributed by atoms with E-state index in [1.165, 1.54) is 24.3 Å². The van der Waals surface area contributed by atoms with Gasteiger partial charge < -0.3 is 4.90 Å². The van der Waals surface area contributed by atoms with Crippen LogP contribution in [-0.2, 0) is 4.79 Å². The molecule has 0 aromatic heterocycles. The van der Waals surface area contributed by atoms with Crippen LogP contribution in [0.25, 0.3) is 0 Å². The third-order valence-electron chi connectivity index (χ3n) is 2.74. The Labute approximate surface area is 77.7 Å². The predicted octanol–water partition coefficient (Wildman–Crippen LogP) is 1.50. The number of carbonyl (C=O) groups is 1. The third-order valence-corrected chi connectivity index (χ3v) is 3.79. The monoisotopic (exact) mass is 185 g/mol. The van der Waals surface area contributed by atoms with Crippen molar-refractivity contribution in [1.29, 1.82) is 0 Å². The van der Waals surface area contributed by atoms with Crippen molar-refractivity contribution in [2.75, 3.05) is 18.1 Å². The molecule has 0 unspecified atom stereocenters. The topological polar surface area (TPSA) is 20.3 Å². The van der Waals surface area contributed by atoms with E-state index in [2.05, 4.69) is 4.90 Å². The molecule has 0 aromatic carbocycles. The minimum absolute atomic E-state index is 0.395. The van der Waals surface area contributed by atoms with Crippen LogP contribution >= 0.6 is 11.8 Å². The van der Waals surface area contributed by atoms with Gasteiger partial charge in [0.05, 0.1) is 0 Å². The number of hydrogen-bond donors (Lipinski definition) is 0. The summed E-state index contributed by atoms with van der Waals surface area (Å²) in [6.07, 6.45) is 4.32. The Morgan fingerprint density at radius 2 is 2.08 bits per heavy atom. The average molecular weight is 185 g/mol. The van der Waals surface area contributed by atoms with Gasteiger partial charge in [0, 0.05) is 19.0 Å². The average Bonchev–Trinajstić information content (AvgIpc) is 2.53. The van der Waals surface area contributed by atoms with E-state index in [0.29, 0.717) is 11.9 Å². The van der Waals surface area contributed by atoms with Crippen LogP contribution in [0, 0.1) is 0 Å². The second-order valence-corrected chi connectivity index (χ2v) is 4.76. The zero-order valence-electron chi connectivity index (χ0n) is 7.29. The van der Waals surface area contributed by atoms with Gasteiger partial charge in [0.2, 0.25) is 5.91 Å². The van der Waals surface area contributed by atoms with Crippen LogP contribution in [0.4, 0.5) is 0 Å². The summed E-state index contributed by atoms with van der Waals surface area (Å²) in [5, 5.41) is 0. The van der Waals surface area contributed by atoms with Crippen LogP contribution in [0.5, 0.6) is 0 Å². The highest BCUT2D eigenvalue weighted by Gasteiger charge is 2.28. The SMILES string of the molecule is O=C1CCCN1C1CCSCC1. The van der Waals surface area contributed by atoms with Crippen LogP contribution in [-0.4, -0.2) is 34.9 Å². The number of rotatable bonds is 1. The van der Waals surface area contributed by atoms with Gasteiger partial charge in [0.15, 0.2) is 0 Å². The van der Waals surface area contributed by atoms with E-state index in [9.17, 15) is 4.79 Å². The minimum atomic E-state index is 0.395. The van der Waals surface area contributed by atoms with Crippen LogP contribution in [0.2, 0.25) is 0 Å². The third kappa shape index (κ3) is 1.60. The van der Waals surface area contributed by atoms with E-state index in [0.717, 1.165) is 19.4 Å². The summed E-state index contributed by atoms with van der Waals surface area (Å²) in [6, 6.07) is 0.584. The van der Waals surface area contributed by atoms with Crippen molar-refractivity contribution in [1.82, 2.24) is 4.90 Å². The van der Waals surface area contributed by atoms with E-state index < -0.39 is 0 Å². The van der Waals surface area contributed by atoms with Crippen molar-refractivity contribution in [2.45, 2.75) is 31.7 Å². The fraction of sp³-hybridized carbons (Fsp3) is 0.889. The summed E-state index contributed by atoms with van der Waals surface area (Å²) in [5.41, 5.74) is 0. The van der Waals surface area contributed by atoms with E-state index in [1.54, 1.807) is 0 Å². The first kappa shape index (κ1) is 8.42. The molecule has 68 valence electrons. The van der Waals surface area contributed by atoms with Crippen LogP contribution in [0.3, 0.4) is 0 Å². The smallest absolute Gasteiger partial charge is 0.222 e. The van der Waals surface area contributed by atoms with Gasteiger partial charge in [-0.05, 0) is 30.8 Å². The number of likely N-dealkylation sites (tertiary alicyclic amines) is 1. The molecule has 2 nitrogen and oxygen atoms in total. The highest BCUT2D eigenvalue weighted by Crippen LogP contribution is 2.25. The Kier molecular flexibility index (Phi) is 2.59. The van der Waals surface area contributed by atoms with Gasteiger partial charge in [-0.1, -0.05) is 0 Å². The zero-order chi connectivity index (χ0) is 8.39. The van der Waals surface area contributed by atoms with Crippen molar-refractivity contribution in [3.05, 3.63) is 0 Å². The second kappa shape index (κ2) is 3.69. The fourth-order valence-corrected chi connectivity index (χ4v) is 3.13. The molecule has 0 aromatic rings. The van der Waals surface area contributed by atoms with E-state index >= 15 is 0 Å². The lowest BCUT2D eigenvalue weighted by Gasteiger charge is -2.30.